The summed E-state index contributed by atoms with van der Waals surface area (Å²) in [5, 5.41) is 0.479. The Morgan fingerprint density at radius 1 is 0.429 bits per heavy atom. The second kappa shape index (κ2) is 8.46. The standard InChI is InChI=1S/C18H6Br3F6P/c19-7-1-10(22)13(25)4-16(7)28(17-5-14(26)11(23)2-8(17)20)18-6-15(27)12(24)3-9(18)21/h1-6H. The molecule has 3 aromatic rings. The number of hydrogen-bond acceptors (Lipinski definition) is 0. The predicted molar refractivity (Wildman–Crippen MR) is 108 cm³/mol. The average molecular weight is 607 g/mol. The lowest BCUT2D eigenvalue weighted by Gasteiger charge is -2.23. The highest BCUT2D eigenvalue weighted by Crippen LogP contribution is 2.41. The molecule has 0 unspecified atom stereocenters. The highest BCUT2D eigenvalue weighted by Gasteiger charge is 2.27. The van der Waals surface area contributed by atoms with Gasteiger partial charge in [-0.05, 0) is 44.3 Å². The van der Waals surface area contributed by atoms with E-state index in [0.717, 1.165) is 36.4 Å². The van der Waals surface area contributed by atoms with Gasteiger partial charge in [0.1, 0.15) is 0 Å². The third kappa shape index (κ3) is 4.18. The van der Waals surface area contributed by atoms with Crippen LogP contribution in [0.4, 0.5) is 26.3 Å². The fraction of sp³-hybridized carbons (Fsp3) is 0. The molecule has 0 aliphatic heterocycles. The Balaban J connectivity index is 2.38. The molecule has 0 nitrogen and oxygen atoms in total. The van der Waals surface area contributed by atoms with Crippen molar-refractivity contribution < 1.29 is 26.3 Å². The van der Waals surface area contributed by atoms with Crippen molar-refractivity contribution in [2.24, 2.45) is 0 Å². The van der Waals surface area contributed by atoms with Crippen molar-refractivity contribution in [1.29, 1.82) is 0 Å². The van der Waals surface area contributed by atoms with E-state index in [1.54, 1.807) is 0 Å². The van der Waals surface area contributed by atoms with Crippen LogP contribution < -0.4 is 15.9 Å². The molecule has 0 saturated heterocycles. The molecule has 3 rings (SSSR count). The van der Waals surface area contributed by atoms with Crippen LogP contribution in [0.5, 0.6) is 0 Å². The molecule has 0 bridgehead atoms. The lowest BCUT2D eigenvalue weighted by atomic mass is 10.3. The van der Waals surface area contributed by atoms with Gasteiger partial charge in [0.25, 0.3) is 0 Å². The summed E-state index contributed by atoms with van der Waals surface area (Å²) in [7, 11) is -1.95. The van der Waals surface area contributed by atoms with E-state index < -0.39 is 42.8 Å². The van der Waals surface area contributed by atoms with Crippen molar-refractivity contribution in [3.63, 3.8) is 0 Å². The van der Waals surface area contributed by atoms with Crippen molar-refractivity contribution in [1.82, 2.24) is 0 Å². The molecule has 0 aliphatic carbocycles. The second-order valence-corrected chi connectivity index (χ2v) is 10.2. The fourth-order valence-corrected chi connectivity index (χ4v) is 7.32. The molecule has 3 aromatic carbocycles. The summed E-state index contributed by atoms with van der Waals surface area (Å²) in [6.07, 6.45) is 0. The summed E-state index contributed by atoms with van der Waals surface area (Å²) in [4.78, 5) is 0. The highest BCUT2D eigenvalue weighted by molar-refractivity contribution is 9.11. The molecule has 0 saturated carbocycles. The molecule has 0 N–H and O–H groups in total. The zero-order valence-corrected chi connectivity index (χ0v) is 19.0. The zero-order chi connectivity index (χ0) is 20.7. The zero-order valence-electron chi connectivity index (χ0n) is 13.3. The van der Waals surface area contributed by atoms with E-state index in [1.165, 1.54) is 0 Å². The van der Waals surface area contributed by atoms with Crippen LogP contribution in [0.2, 0.25) is 0 Å². The summed E-state index contributed by atoms with van der Waals surface area (Å²) in [6, 6.07) is 5.27. The summed E-state index contributed by atoms with van der Waals surface area (Å²) in [6.45, 7) is 0. The Kier molecular flexibility index (Phi) is 6.59. The third-order valence-electron chi connectivity index (χ3n) is 3.69. The van der Waals surface area contributed by atoms with E-state index in [9.17, 15) is 26.3 Å². The Bertz CT molecular complexity index is 953. The molecular weight excluding hydrogens is 601 g/mol. The molecule has 0 heterocycles. The van der Waals surface area contributed by atoms with Crippen LogP contribution in [0.3, 0.4) is 0 Å². The fourth-order valence-electron chi connectivity index (χ4n) is 2.44. The number of rotatable bonds is 3. The van der Waals surface area contributed by atoms with Crippen LogP contribution in [0.15, 0.2) is 49.8 Å². The van der Waals surface area contributed by atoms with Gasteiger partial charge in [0.2, 0.25) is 0 Å². The minimum absolute atomic E-state index is 0.130. The Morgan fingerprint density at radius 2 is 0.643 bits per heavy atom. The molecule has 0 aliphatic rings. The molecule has 0 amide bonds. The summed E-state index contributed by atoms with van der Waals surface area (Å²) in [5.74, 6) is -6.91. The Morgan fingerprint density at radius 3 is 0.893 bits per heavy atom. The Labute approximate surface area is 182 Å². The van der Waals surface area contributed by atoms with Gasteiger partial charge in [0.15, 0.2) is 34.9 Å². The minimum atomic E-state index is -1.95. The smallest absolute Gasteiger partial charge is 0.159 e. The van der Waals surface area contributed by atoms with Gasteiger partial charge in [-0.25, -0.2) is 26.3 Å². The lowest BCUT2D eigenvalue weighted by Crippen LogP contribution is -2.25. The van der Waals surface area contributed by atoms with Crippen LogP contribution >= 0.6 is 55.7 Å². The Hall–Kier alpha value is -0.890. The number of hydrogen-bond donors (Lipinski definition) is 0. The predicted octanol–water partition coefficient (Wildman–Crippen LogP) is 6.57. The van der Waals surface area contributed by atoms with Gasteiger partial charge >= 0.3 is 0 Å². The van der Waals surface area contributed by atoms with E-state index in [2.05, 4.69) is 47.8 Å². The normalized spacial score (nSPS) is 11.4. The maximum Gasteiger partial charge on any atom is 0.159 e. The summed E-state index contributed by atoms with van der Waals surface area (Å²) >= 11 is 9.40. The molecule has 0 radical (unpaired) electrons. The molecule has 0 aromatic heterocycles. The maximum atomic E-state index is 14.0. The lowest BCUT2D eigenvalue weighted by molar-refractivity contribution is 0.508. The monoisotopic (exact) mass is 604 g/mol. The van der Waals surface area contributed by atoms with Gasteiger partial charge in [0.05, 0.1) is 0 Å². The molecule has 28 heavy (non-hydrogen) atoms. The van der Waals surface area contributed by atoms with Gasteiger partial charge < -0.3 is 0 Å². The molecule has 10 heteroatoms. The molecule has 146 valence electrons. The van der Waals surface area contributed by atoms with E-state index >= 15 is 0 Å². The van der Waals surface area contributed by atoms with Crippen molar-refractivity contribution >= 4 is 71.6 Å². The number of benzene rings is 3. The van der Waals surface area contributed by atoms with Crippen LogP contribution in [-0.4, -0.2) is 0 Å². The van der Waals surface area contributed by atoms with Gasteiger partial charge in [-0.1, -0.05) is 47.8 Å². The largest absolute Gasteiger partial charge is 0.204 e. The van der Waals surface area contributed by atoms with Crippen LogP contribution in [0, 0.1) is 34.9 Å². The van der Waals surface area contributed by atoms with Crippen molar-refractivity contribution in [2.45, 2.75) is 0 Å². The quantitative estimate of drug-likeness (QED) is 0.180. The highest BCUT2D eigenvalue weighted by atomic mass is 79.9. The molecule has 0 fully saturated rings. The first-order valence-corrected chi connectivity index (χ1v) is 11.1. The first-order chi connectivity index (χ1) is 13.1. The maximum absolute atomic E-state index is 14.0. The van der Waals surface area contributed by atoms with Gasteiger partial charge in [0, 0.05) is 29.3 Å². The molecule has 0 spiro atoms. The van der Waals surface area contributed by atoms with Gasteiger partial charge in [-0.2, -0.15) is 0 Å². The average Bonchev–Trinajstić information content (AvgIpc) is 2.61. The van der Waals surface area contributed by atoms with Gasteiger partial charge in [-0.3, -0.25) is 0 Å². The van der Waals surface area contributed by atoms with Crippen LogP contribution in [0.1, 0.15) is 0 Å². The first kappa shape index (κ1) is 21.8. The third-order valence-corrected chi connectivity index (χ3v) is 9.13. The van der Waals surface area contributed by atoms with Crippen LogP contribution in [-0.2, 0) is 0 Å². The van der Waals surface area contributed by atoms with Gasteiger partial charge in [-0.15, -0.1) is 0 Å². The van der Waals surface area contributed by atoms with E-state index in [-0.39, 0.29) is 29.3 Å². The minimum Gasteiger partial charge on any atom is -0.204 e. The summed E-state index contributed by atoms with van der Waals surface area (Å²) in [5.41, 5.74) is 0. The second-order valence-electron chi connectivity index (χ2n) is 5.49. The van der Waals surface area contributed by atoms with Crippen molar-refractivity contribution in [3.8, 4) is 0 Å². The topological polar surface area (TPSA) is 0 Å². The number of halogens is 9. The van der Waals surface area contributed by atoms with Crippen LogP contribution in [0.25, 0.3) is 0 Å². The first-order valence-electron chi connectivity index (χ1n) is 7.34. The van der Waals surface area contributed by atoms with Crippen molar-refractivity contribution in [2.75, 3.05) is 0 Å². The van der Waals surface area contributed by atoms with E-state index in [0.29, 0.717) is 0 Å². The van der Waals surface area contributed by atoms with Crippen molar-refractivity contribution in [3.05, 3.63) is 84.7 Å². The molecular formula is C18H6Br3F6P. The molecule has 0 atom stereocenters. The van der Waals surface area contributed by atoms with E-state index in [4.69, 9.17) is 0 Å². The SMILES string of the molecule is Fc1cc(Br)c(P(c2cc(F)c(F)cc2Br)c2cc(F)c(F)cc2Br)cc1F. The van der Waals surface area contributed by atoms with E-state index in [1.807, 2.05) is 0 Å². The summed E-state index contributed by atoms with van der Waals surface area (Å²) < 4.78 is 83.0.